The summed E-state index contributed by atoms with van der Waals surface area (Å²) < 4.78 is 12.4. The van der Waals surface area contributed by atoms with Gasteiger partial charge < -0.3 is 14.6 Å². The standard InChI is InChI=1S/C25H17BrN2O3/c1-30-21-12-6-10-18(23(21)29)24-27-19-11-5-4-9-17(19)25(28-24)31-20-14-13-15-7-2-3-8-16(15)22(20)26/h2-14,29H,1H3. The minimum atomic E-state index is -0.0156. The van der Waals surface area contributed by atoms with Crippen LogP contribution in [-0.4, -0.2) is 22.2 Å². The Morgan fingerprint density at radius 1 is 0.774 bits per heavy atom. The van der Waals surface area contributed by atoms with Gasteiger partial charge in [-0.3, -0.25) is 0 Å². The number of rotatable bonds is 4. The van der Waals surface area contributed by atoms with Gasteiger partial charge >= 0.3 is 0 Å². The van der Waals surface area contributed by atoms with Crippen LogP contribution in [0.3, 0.4) is 0 Å². The number of aromatic hydroxyl groups is 1. The Balaban J connectivity index is 1.68. The van der Waals surface area contributed by atoms with E-state index in [1.54, 1.807) is 18.2 Å². The Morgan fingerprint density at radius 3 is 2.39 bits per heavy atom. The SMILES string of the molecule is COc1cccc(-c2nc(Oc3ccc4ccccc4c3Br)c3ccccc3n2)c1O. The lowest BCUT2D eigenvalue weighted by molar-refractivity contribution is 0.374. The van der Waals surface area contributed by atoms with Crippen LogP contribution in [0.1, 0.15) is 0 Å². The summed E-state index contributed by atoms with van der Waals surface area (Å²) in [5, 5.41) is 13.5. The predicted octanol–water partition coefficient (Wildman–Crippen LogP) is 6.72. The Bertz CT molecular complexity index is 1440. The van der Waals surface area contributed by atoms with E-state index in [0.717, 1.165) is 20.6 Å². The Morgan fingerprint density at radius 2 is 1.55 bits per heavy atom. The van der Waals surface area contributed by atoms with Gasteiger partial charge in [0.2, 0.25) is 5.88 Å². The van der Waals surface area contributed by atoms with Crippen molar-refractivity contribution >= 4 is 37.6 Å². The third-order valence-corrected chi connectivity index (χ3v) is 5.88. The third-order valence-electron chi connectivity index (χ3n) is 5.06. The zero-order chi connectivity index (χ0) is 21.4. The lowest BCUT2D eigenvalue weighted by atomic mass is 10.1. The summed E-state index contributed by atoms with van der Waals surface area (Å²) in [6, 6.07) is 24.8. The molecule has 0 spiro atoms. The molecule has 0 unspecified atom stereocenters. The van der Waals surface area contributed by atoms with Crippen LogP contribution >= 0.6 is 15.9 Å². The number of ether oxygens (including phenoxy) is 2. The van der Waals surface area contributed by atoms with Gasteiger partial charge in [0.25, 0.3) is 0 Å². The molecule has 0 aliphatic heterocycles. The van der Waals surface area contributed by atoms with E-state index < -0.39 is 0 Å². The number of phenolic OH excluding ortho intramolecular Hbond substituents is 1. The largest absolute Gasteiger partial charge is 0.504 e. The molecule has 5 rings (SSSR count). The lowest BCUT2D eigenvalue weighted by Crippen LogP contribution is -1.97. The summed E-state index contributed by atoms with van der Waals surface area (Å²) in [6.45, 7) is 0. The van der Waals surface area contributed by atoms with E-state index in [4.69, 9.17) is 9.47 Å². The van der Waals surface area contributed by atoms with Gasteiger partial charge in [0.15, 0.2) is 17.3 Å². The highest BCUT2D eigenvalue weighted by molar-refractivity contribution is 9.10. The predicted molar refractivity (Wildman–Crippen MR) is 125 cm³/mol. The molecule has 1 heterocycles. The van der Waals surface area contributed by atoms with E-state index in [2.05, 4.69) is 25.9 Å². The molecule has 6 heteroatoms. The number of para-hydroxylation sites is 2. The number of fused-ring (bicyclic) bond motifs is 2. The quantitative estimate of drug-likeness (QED) is 0.314. The van der Waals surface area contributed by atoms with E-state index in [0.29, 0.717) is 34.3 Å². The number of halogens is 1. The molecule has 0 aliphatic rings. The molecule has 0 atom stereocenters. The van der Waals surface area contributed by atoms with E-state index >= 15 is 0 Å². The van der Waals surface area contributed by atoms with Gasteiger partial charge in [-0.05, 0) is 57.0 Å². The second kappa shape index (κ2) is 7.89. The maximum Gasteiger partial charge on any atom is 0.230 e. The third kappa shape index (κ3) is 3.45. The molecule has 31 heavy (non-hydrogen) atoms. The molecular formula is C25H17BrN2O3. The Hall–Kier alpha value is -3.64. The van der Waals surface area contributed by atoms with Crippen molar-refractivity contribution in [3.05, 3.63) is 83.3 Å². The fourth-order valence-corrected chi connectivity index (χ4v) is 4.08. The van der Waals surface area contributed by atoms with Crippen molar-refractivity contribution in [3.8, 4) is 34.5 Å². The van der Waals surface area contributed by atoms with E-state index in [-0.39, 0.29) is 5.75 Å². The summed E-state index contributed by atoms with van der Waals surface area (Å²) in [6.07, 6.45) is 0. The molecule has 0 bridgehead atoms. The topological polar surface area (TPSA) is 64.5 Å². The van der Waals surface area contributed by atoms with Crippen LogP contribution in [0.5, 0.6) is 23.1 Å². The van der Waals surface area contributed by atoms with E-state index in [9.17, 15) is 5.11 Å². The molecule has 152 valence electrons. The summed E-state index contributed by atoms with van der Waals surface area (Å²) in [5.41, 5.74) is 1.18. The molecule has 4 aromatic carbocycles. The number of methoxy groups -OCH3 is 1. The van der Waals surface area contributed by atoms with Crippen molar-refractivity contribution in [3.63, 3.8) is 0 Å². The maximum atomic E-state index is 10.6. The lowest BCUT2D eigenvalue weighted by Gasteiger charge is -2.13. The molecule has 0 fully saturated rings. The first-order chi connectivity index (χ1) is 15.2. The molecule has 0 amide bonds. The fraction of sp³-hybridized carbons (Fsp3) is 0.0400. The van der Waals surface area contributed by atoms with Gasteiger partial charge in [-0.1, -0.05) is 48.5 Å². The van der Waals surface area contributed by atoms with Crippen LogP contribution in [0, 0.1) is 0 Å². The number of hydrogen-bond donors (Lipinski definition) is 1. The van der Waals surface area contributed by atoms with Crippen LogP contribution in [0.4, 0.5) is 0 Å². The monoisotopic (exact) mass is 472 g/mol. The number of hydrogen-bond acceptors (Lipinski definition) is 5. The first kappa shape index (κ1) is 19.3. The first-order valence-corrected chi connectivity index (χ1v) is 10.4. The highest BCUT2D eigenvalue weighted by Crippen LogP contribution is 2.40. The van der Waals surface area contributed by atoms with Crippen molar-refractivity contribution in [1.29, 1.82) is 0 Å². The van der Waals surface area contributed by atoms with E-state index in [1.165, 1.54) is 7.11 Å². The number of aromatic nitrogens is 2. The minimum absolute atomic E-state index is 0.0156. The maximum absolute atomic E-state index is 10.6. The molecule has 5 aromatic rings. The fourth-order valence-electron chi connectivity index (χ4n) is 3.51. The van der Waals surface area contributed by atoms with Crippen molar-refractivity contribution in [2.45, 2.75) is 0 Å². The van der Waals surface area contributed by atoms with Gasteiger partial charge in [-0.15, -0.1) is 0 Å². The summed E-state index contributed by atoms with van der Waals surface area (Å²) in [4.78, 5) is 9.29. The van der Waals surface area contributed by atoms with Crippen LogP contribution < -0.4 is 9.47 Å². The van der Waals surface area contributed by atoms with Gasteiger partial charge in [-0.25, -0.2) is 4.98 Å². The molecule has 0 aliphatic carbocycles. The van der Waals surface area contributed by atoms with Crippen LogP contribution in [0.25, 0.3) is 33.1 Å². The Labute approximate surface area is 187 Å². The minimum Gasteiger partial charge on any atom is -0.504 e. The number of benzene rings is 4. The summed E-state index contributed by atoms with van der Waals surface area (Å²) in [7, 11) is 1.51. The van der Waals surface area contributed by atoms with Gasteiger partial charge in [0.1, 0.15) is 5.75 Å². The van der Waals surface area contributed by atoms with Crippen molar-refractivity contribution in [1.82, 2.24) is 9.97 Å². The van der Waals surface area contributed by atoms with Crippen molar-refractivity contribution in [2.75, 3.05) is 7.11 Å². The Kier molecular flexibility index (Phi) is 4.92. The molecule has 5 nitrogen and oxygen atoms in total. The average Bonchev–Trinajstić information content (AvgIpc) is 2.81. The highest BCUT2D eigenvalue weighted by atomic mass is 79.9. The molecule has 0 saturated heterocycles. The van der Waals surface area contributed by atoms with Crippen LogP contribution in [0.15, 0.2) is 83.3 Å². The molecular weight excluding hydrogens is 456 g/mol. The number of phenols is 1. The van der Waals surface area contributed by atoms with Crippen LogP contribution in [0.2, 0.25) is 0 Å². The first-order valence-electron chi connectivity index (χ1n) is 9.64. The van der Waals surface area contributed by atoms with E-state index in [1.807, 2.05) is 60.7 Å². The van der Waals surface area contributed by atoms with Gasteiger partial charge in [0, 0.05) is 0 Å². The van der Waals surface area contributed by atoms with Gasteiger partial charge in [0.05, 0.1) is 28.0 Å². The summed E-state index contributed by atoms with van der Waals surface area (Å²) in [5.74, 6) is 1.73. The normalized spacial score (nSPS) is 11.0. The van der Waals surface area contributed by atoms with Crippen LogP contribution in [-0.2, 0) is 0 Å². The smallest absolute Gasteiger partial charge is 0.230 e. The van der Waals surface area contributed by atoms with Crippen molar-refractivity contribution in [2.24, 2.45) is 0 Å². The molecule has 0 radical (unpaired) electrons. The number of nitrogens with zero attached hydrogens (tertiary/aromatic N) is 2. The average molecular weight is 473 g/mol. The van der Waals surface area contributed by atoms with Gasteiger partial charge in [-0.2, -0.15) is 4.98 Å². The second-order valence-corrected chi connectivity index (χ2v) is 7.72. The second-order valence-electron chi connectivity index (χ2n) is 6.93. The molecule has 1 N–H and O–H groups in total. The zero-order valence-corrected chi connectivity index (χ0v) is 18.1. The summed E-state index contributed by atoms with van der Waals surface area (Å²) >= 11 is 3.67. The highest BCUT2D eigenvalue weighted by Gasteiger charge is 2.17. The molecule has 0 saturated carbocycles. The molecule has 1 aromatic heterocycles. The van der Waals surface area contributed by atoms with Crippen molar-refractivity contribution < 1.29 is 14.6 Å². The zero-order valence-electron chi connectivity index (χ0n) is 16.5.